The first-order chi connectivity index (χ1) is 10.3. The molecule has 5 nitrogen and oxygen atoms in total. The van der Waals surface area contributed by atoms with E-state index in [0.29, 0.717) is 0 Å². The van der Waals surface area contributed by atoms with Crippen LogP contribution in [0, 0.1) is 0 Å². The monoisotopic (exact) mass is 345 g/mol. The minimum absolute atomic E-state index is 0.0779. The number of carbonyl (C=O) groups excluding carboxylic acids is 1. The number of carbonyl (C=O) groups is 1. The molecule has 0 atom stereocenters. The Kier molecular flexibility index (Phi) is 5.47. The molecule has 0 radical (unpaired) electrons. The number of rotatable bonds is 4. The zero-order chi connectivity index (χ0) is 16.3. The van der Waals surface area contributed by atoms with Crippen LogP contribution in [0.25, 0.3) is 0 Å². The summed E-state index contributed by atoms with van der Waals surface area (Å²) in [6.07, 6.45) is 4.92. The van der Waals surface area contributed by atoms with Crippen LogP contribution in [-0.2, 0) is 14.8 Å². The van der Waals surface area contributed by atoms with Gasteiger partial charge in [0.1, 0.15) is 11.0 Å². The average Bonchev–Trinajstić information content (AvgIpc) is 2.48. The van der Waals surface area contributed by atoms with Crippen molar-refractivity contribution in [2.75, 3.05) is 14.1 Å². The van der Waals surface area contributed by atoms with Crippen molar-refractivity contribution in [3.05, 3.63) is 28.8 Å². The van der Waals surface area contributed by atoms with Gasteiger partial charge in [0.25, 0.3) is 0 Å². The zero-order valence-corrected chi connectivity index (χ0v) is 14.3. The molecule has 0 aliphatic heterocycles. The third-order valence-electron chi connectivity index (χ3n) is 3.75. The fourth-order valence-corrected chi connectivity index (χ4v) is 3.82. The number of sulfonamides is 1. The molecule has 2 rings (SSSR count). The number of hydrogen-bond acceptors (Lipinski definition) is 4. The van der Waals surface area contributed by atoms with Crippen LogP contribution in [0.3, 0.4) is 0 Å². The molecular formula is C15H20ClNO4S. The Labute approximate surface area is 136 Å². The topological polar surface area (TPSA) is 63.7 Å². The summed E-state index contributed by atoms with van der Waals surface area (Å²) in [4.78, 5) is 12.1. The van der Waals surface area contributed by atoms with E-state index in [4.69, 9.17) is 16.3 Å². The standard InChI is InChI=1S/C15H20ClNO4S/c1-17(2)22(19,20)14-10-11(8-9-13(14)16)15(18)21-12-6-4-3-5-7-12/h8-10,12H,3-7H2,1-2H3. The maximum absolute atomic E-state index is 12.2. The van der Waals surface area contributed by atoms with Gasteiger partial charge in [0, 0.05) is 14.1 Å². The lowest BCUT2D eigenvalue weighted by molar-refractivity contribution is 0.0211. The molecule has 0 N–H and O–H groups in total. The molecule has 0 aromatic heterocycles. The van der Waals surface area contributed by atoms with Gasteiger partial charge in [-0.25, -0.2) is 17.5 Å². The third kappa shape index (κ3) is 3.80. The molecule has 0 amide bonds. The number of nitrogens with zero attached hydrogens (tertiary/aromatic N) is 1. The van der Waals surface area contributed by atoms with E-state index in [2.05, 4.69) is 0 Å². The van der Waals surface area contributed by atoms with E-state index >= 15 is 0 Å². The van der Waals surface area contributed by atoms with Gasteiger partial charge < -0.3 is 4.74 Å². The number of hydrogen-bond donors (Lipinski definition) is 0. The highest BCUT2D eigenvalue weighted by atomic mass is 35.5. The van der Waals surface area contributed by atoms with Crippen LogP contribution >= 0.6 is 11.6 Å². The molecule has 1 aromatic rings. The SMILES string of the molecule is CN(C)S(=O)(=O)c1cc(C(=O)OC2CCCCC2)ccc1Cl. The molecule has 1 aliphatic rings. The Hall–Kier alpha value is -1.11. The van der Waals surface area contributed by atoms with Gasteiger partial charge in [-0.15, -0.1) is 0 Å². The fraction of sp³-hybridized carbons (Fsp3) is 0.533. The summed E-state index contributed by atoms with van der Waals surface area (Å²) >= 11 is 5.96. The highest BCUT2D eigenvalue weighted by Crippen LogP contribution is 2.26. The maximum atomic E-state index is 12.2. The summed E-state index contributed by atoms with van der Waals surface area (Å²) in [7, 11) is -0.872. The Morgan fingerprint density at radius 3 is 2.45 bits per heavy atom. The molecule has 22 heavy (non-hydrogen) atoms. The quantitative estimate of drug-likeness (QED) is 0.787. The van der Waals surface area contributed by atoms with Crippen molar-refractivity contribution in [1.82, 2.24) is 4.31 Å². The van der Waals surface area contributed by atoms with Crippen molar-refractivity contribution in [3.8, 4) is 0 Å². The van der Waals surface area contributed by atoms with Crippen molar-refractivity contribution in [2.45, 2.75) is 43.1 Å². The summed E-state index contributed by atoms with van der Waals surface area (Å²) in [5, 5.41) is 0.0860. The predicted octanol–water partition coefficient (Wildman–Crippen LogP) is 3.08. The number of benzene rings is 1. The van der Waals surface area contributed by atoms with E-state index in [9.17, 15) is 13.2 Å². The van der Waals surface area contributed by atoms with Crippen LogP contribution in [-0.4, -0.2) is 38.9 Å². The van der Waals surface area contributed by atoms with E-state index in [-0.39, 0.29) is 21.6 Å². The molecule has 1 aromatic carbocycles. The highest BCUT2D eigenvalue weighted by Gasteiger charge is 2.24. The molecule has 1 aliphatic carbocycles. The van der Waals surface area contributed by atoms with Crippen LogP contribution in [0.15, 0.2) is 23.1 Å². The fourth-order valence-electron chi connectivity index (χ4n) is 2.43. The predicted molar refractivity (Wildman–Crippen MR) is 84.6 cm³/mol. The van der Waals surface area contributed by atoms with Crippen molar-refractivity contribution < 1.29 is 17.9 Å². The Morgan fingerprint density at radius 1 is 1.23 bits per heavy atom. The minimum atomic E-state index is -3.70. The van der Waals surface area contributed by atoms with Crippen LogP contribution in [0.5, 0.6) is 0 Å². The van der Waals surface area contributed by atoms with Gasteiger partial charge in [-0.2, -0.15) is 0 Å². The molecule has 0 bridgehead atoms. The average molecular weight is 346 g/mol. The second kappa shape index (κ2) is 6.98. The molecule has 0 spiro atoms. The molecule has 0 saturated heterocycles. The largest absolute Gasteiger partial charge is 0.459 e. The van der Waals surface area contributed by atoms with Crippen LogP contribution in [0.4, 0.5) is 0 Å². The van der Waals surface area contributed by atoms with Crippen molar-refractivity contribution >= 4 is 27.6 Å². The van der Waals surface area contributed by atoms with Crippen LogP contribution in [0.2, 0.25) is 5.02 Å². The molecule has 0 heterocycles. The van der Waals surface area contributed by atoms with Crippen molar-refractivity contribution in [2.24, 2.45) is 0 Å². The van der Waals surface area contributed by atoms with E-state index < -0.39 is 16.0 Å². The molecule has 1 saturated carbocycles. The molecule has 0 unspecified atom stereocenters. The molecule has 122 valence electrons. The smallest absolute Gasteiger partial charge is 0.338 e. The lowest BCUT2D eigenvalue weighted by Crippen LogP contribution is -2.24. The normalized spacial score (nSPS) is 16.7. The van der Waals surface area contributed by atoms with Crippen LogP contribution in [0.1, 0.15) is 42.5 Å². The molecule has 1 fully saturated rings. The Balaban J connectivity index is 2.23. The van der Waals surface area contributed by atoms with Gasteiger partial charge in [0.2, 0.25) is 10.0 Å². The van der Waals surface area contributed by atoms with E-state index in [0.717, 1.165) is 30.0 Å². The summed E-state index contributed by atoms with van der Waals surface area (Å²) in [6.45, 7) is 0. The van der Waals surface area contributed by atoms with E-state index in [1.54, 1.807) is 0 Å². The Bertz CT molecular complexity index is 652. The second-order valence-electron chi connectivity index (χ2n) is 5.60. The van der Waals surface area contributed by atoms with E-state index in [1.165, 1.54) is 38.7 Å². The number of esters is 1. The van der Waals surface area contributed by atoms with Gasteiger partial charge in [-0.1, -0.05) is 18.0 Å². The van der Waals surface area contributed by atoms with Gasteiger partial charge in [-0.05, 0) is 43.9 Å². The van der Waals surface area contributed by atoms with Crippen molar-refractivity contribution in [3.63, 3.8) is 0 Å². The number of halogens is 1. The molecular weight excluding hydrogens is 326 g/mol. The van der Waals surface area contributed by atoms with Gasteiger partial charge >= 0.3 is 5.97 Å². The zero-order valence-electron chi connectivity index (χ0n) is 12.7. The minimum Gasteiger partial charge on any atom is -0.459 e. The molecule has 7 heteroatoms. The highest BCUT2D eigenvalue weighted by molar-refractivity contribution is 7.89. The maximum Gasteiger partial charge on any atom is 0.338 e. The first-order valence-corrected chi connectivity index (χ1v) is 9.07. The van der Waals surface area contributed by atoms with Crippen LogP contribution < -0.4 is 0 Å². The first-order valence-electron chi connectivity index (χ1n) is 7.25. The van der Waals surface area contributed by atoms with Gasteiger partial charge in [-0.3, -0.25) is 0 Å². The van der Waals surface area contributed by atoms with E-state index in [1.807, 2.05) is 0 Å². The summed E-state index contributed by atoms with van der Waals surface area (Å²) in [5.74, 6) is -0.501. The van der Waals surface area contributed by atoms with Gasteiger partial charge in [0.15, 0.2) is 0 Å². The van der Waals surface area contributed by atoms with Gasteiger partial charge in [0.05, 0.1) is 10.6 Å². The summed E-state index contributed by atoms with van der Waals surface area (Å²) in [6, 6.07) is 4.18. The first kappa shape index (κ1) is 17.2. The van der Waals surface area contributed by atoms with Crippen molar-refractivity contribution in [1.29, 1.82) is 0 Å². The third-order valence-corrected chi connectivity index (χ3v) is 6.05. The number of ether oxygens (including phenoxy) is 1. The second-order valence-corrected chi connectivity index (χ2v) is 8.13. The lowest BCUT2D eigenvalue weighted by atomic mass is 9.98. The Morgan fingerprint density at radius 2 is 1.86 bits per heavy atom. The summed E-state index contributed by atoms with van der Waals surface area (Å²) < 4.78 is 30.9. The summed E-state index contributed by atoms with van der Waals surface area (Å²) in [5.41, 5.74) is 0.204. The lowest BCUT2D eigenvalue weighted by Gasteiger charge is -2.22.